The highest BCUT2D eigenvalue weighted by molar-refractivity contribution is 7.09. The summed E-state index contributed by atoms with van der Waals surface area (Å²) in [6.45, 7) is 5.51. The van der Waals surface area contributed by atoms with Gasteiger partial charge in [0, 0.05) is 37.7 Å². The summed E-state index contributed by atoms with van der Waals surface area (Å²) in [6.07, 6.45) is 0. The molecule has 21 heavy (non-hydrogen) atoms. The Balaban J connectivity index is 1.49. The number of rotatable bonds is 2. The molecule has 3 heterocycles. The molecule has 0 atom stereocenters. The zero-order chi connectivity index (χ0) is 14.2. The van der Waals surface area contributed by atoms with Crippen LogP contribution in [0.5, 0.6) is 0 Å². The molecule has 0 bridgehead atoms. The van der Waals surface area contributed by atoms with E-state index in [-0.39, 0.29) is 0 Å². The van der Waals surface area contributed by atoms with Crippen LogP contribution < -0.4 is 9.80 Å². The lowest BCUT2D eigenvalue weighted by molar-refractivity contribution is 0.541. The van der Waals surface area contributed by atoms with Gasteiger partial charge in [0.15, 0.2) is 5.58 Å². The van der Waals surface area contributed by atoms with Gasteiger partial charge in [0.25, 0.3) is 6.01 Å². The first-order valence-corrected chi connectivity index (χ1v) is 7.73. The summed E-state index contributed by atoms with van der Waals surface area (Å²) < 4.78 is 10.1. The molecule has 0 aliphatic carbocycles. The second-order valence-electron chi connectivity index (χ2n) is 5.06. The van der Waals surface area contributed by atoms with Crippen molar-refractivity contribution < 1.29 is 4.42 Å². The van der Waals surface area contributed by atoms with Gasteiger partial charge in [-0.1, -0.05) is 12.1 Å². The Morgan fingerprint density at radius 3 is 2.52 bits per heavy atom. The van der Waals surface area contributed by atoms with E-state index in [0.29, 0.717) is 6.01 Å². The lowest BCUT2D eigenvalue weighted by Gasteiger charge is -2.33. The Hall–Kier alpha value is -2.15. The van der Waals surface area contributed by atoms with E-state index in [9.17, 15) is 0 Å². The first-order valence-electron chi connectivity index (χ1n) is 6.95. The maximum Gasteiger partial charge on any atom is 0.298 e. The third-order valence-corrected chi connectivity index (χ3v) is 4.49. The number of hydrogen-bond donors (Lipinski definition) is 0. The van der Waals surface area contributed by atoms with Crippen LogP contribution in [0.1, 0.15) is 5.82 Å². The highest BCUT2D eigenvalue weighted by Gasteiger charge is 2.22. The van der Waals surface area contributed by atoms with Gasteiger partial charge in [0.05, 0.1) is 0 Å². The Morgan fingerprint density at radius 1 is 1.05 bits per heavy atom. The van der Waals surface area contributed by atoms with E-state index in [0.717, 1.165) is 48.2 Å². The largest absolute Gasteiger partial charge is 0.423 e. The van der Waals surface area contributed by atoms with Gasteiger partial charge in [-0.2, -0.15) is 9.36 Å². The molecule has 1 aromatic carbocycles. The lowest BCUT2D eigenvalue weighted by Crippen LogP contribution is -2.46. The maximum absolute atomic E-state index is 5.82. The molecular weight excluding hydrogens is 286 g/mol. The van der Waals surface area contributed by atoms with Gasteiger partial charge >= 0.3 is 0 Å². The third-order valence-electron chi connectivity index (χ3n) is 3.62. The van der Waals surface area contributed by atoms with Crippen molar-refractivity contribution in [2.45, 2.75) is 6.92 Å². The fraction of sp³-hybridized carbons (Fsp3) is 0.357. The molecule has 1 aliphatic heterocycles. The van der Waals surface area contributed by atoms with E-state index in [1.807, 2.05) is 31.2 Å². The van der Waals surface area contributed by atoms with Crippen LogP contribution in [-0.2, 0) is 0 Å². The van der Waals surface area contributed by atoms with Gasteiger partial charge in [0.2, 0.25) is 5.13 Å². The second-order valence-corrected chi connectivity index (χ2v) is 5.79. The first kappa shape index (κ1) is 12.6. The van der Waals surface area contributed by atoms with E-state index < -0.39 is 0 Å². The van der Waals surface area contributed by atoms with Crippen molar-refractivity contribution in [3.63, 3.8) is 0 Å². The molecule has 1 aliphatic rings. The topological polar surface area (TPSA) is 58.3 Å². The predicted octanol–water partition coefficient (Wildman–Crippen LogP) is 2.31. The average Bonchev–Trinajstić information content (AvgIpc) is 3.13. The van der Waals surface area contributed by atoms with Gasteiger partial charge in [-0.05, 0) is 19.1 Å². The molecule has 1 fully saturated rings. The number of anilines is 2. The van der Waals surface area contributed by atoms with Gasteiger partial charge in [-0.15, -0.1) is 0 Å². The highest BCUT2D eigenvalue weighted by Crippen LogP contribution is 2.24. The Labute approximate surface area is 126 Å². The third kappa shape index (κ3) is 2.33. The van der Waals surface area contributed by atoms with Crippen LogP contribution >= 0.6 is 11.5 Å². The minimum absolute atomic E-state index is 0.712. The minimum atomic E-state index is 0.712. The lowest BCUT2D eigenvalue weighted by atomic mass is 10.3. The highest BCUT2D eigenvalue weighted by atomic mass is 32.1. The zero-order valence-electron chi connectivity index (χ0n) is 11.7. The second kappa shape index (κ2) is 5.00. The summed E-state index contributed by atoms with van der Waals surface area (Å²) in [6, 6.07) is 8.58. The van der Waals surface area contributed by atoms with Crippen molar-refractivity contribution >= 4 is 33.8 Å². The van der Waals surface area contributed by atoms with Gasteiger partial charge in [0.1, 0.15) is 11.3 Å². The number of aromatic nitrogens is 3. The monoisotopic (exact) mass is 301 g/mol. The molecule has 1 saturated heterocycles. The maximum atomic E-state index is 5.82. The number of nitrogens with zero attached hydrogens (tertiary/aromatic N) is 5. The van der Waals surface area contributed by atoms with E-state index in [2.05, 4.69) is 24.1 Å². The van der Waals surface area contributed by atoms with Gasteiger partial charge in [-0.25, -0.2) is 4.98 Å². The smallest absolute Gasteiger partial charge is 0.298 e. The van der Waals surface area contributed by atoms with Crippen molar-refractivity contribution in [3.05, 3.63) is 30.1 Å². The van der Waals surface area contributed by atoms with Crippen molar-refractivity contribution in [1.82, 2.24) is 14.3 Å². The average molecular weight is 301 g/mol. The summed E-state index contributed by atoms with van der Waals surface area (Å²) in [4.78, 5) is 13.4. The van der Waals surface area contributed by atoms with Crippen LogP contribution in [0.4, 0.5) is 11.1 Å². The number of oxazole rings is 1. The Morgan fingerprint density at radius 2 is 1.81 bits per heavy atom. The van der Waals surface area contributed by atoms with Gasteiger partial charge < -0.3 is 14.2 Å². The van der Waals surface area contributed by atoms with Crippen molar-refractivity contribution in [1.29, 1.82) is 0 Å². The molecule has 0 unspecified atom stereocenters. The molecule has 0 radical (unpaired) electrons. The van der Waals surface area contributed by atoms with Crippen LogP contribution in [0.25, 0.3) is 11.1 Å². The molecule has 108 valence electrons. The first-order chi connectivity index (χ1) is 10.3. The minimum Gasteiger partial charge on any atom is -0.423 e. The number of para-hydroxylation sites is 2. The molecule has 0 amide bonds. The van der Waals surface area contributed by atoms with E-state index in [1.54, 1.807) is 0 Å². The molecule has 3 aromatic rings. The number of hydrogen-bond acceptors (Lipinski definition) is 7. The predicted molar refractivity (Wildman–Crippen MR) is 83.1 cm³/mol. The molecule has 0 N–H and O–H groups in total. The molecule has 6 nitrogen and oxygen atoms in total. The molecular formula is C14H15N5OS. The molecule has 2 aromatic heterocycles. The number of benzene rings is 1. The normalized spacial score (nSPS) is 15.9. The number of aryl methyl sites for hydroxylation is 1. The number of fused-ring (bicyclic) bond motifs is 1. The Kier molecular flexibility index (Phi) is 2.99. The van der Waals surface area contributed by atoms with Crippen LogP contribution in [0, 0.1) is 6.92 Å². The quantitative estimate of drug-likeness (QED) is 0.724. The summed E-state index contributed by atoms with van der Waals surface area (Å²) in [7, 11) is 0. The van der Waals surface area contributed by atoms with Crippen molar-refractivity contribution in [2.75, 3.05) is 36.0 Å². The zero-order valence-corrected chi connectivity index (χ0v) is 12.5. The van der Waals surface area contributed by atoms with E-state index in [4.69, 9.17) is 4.42 Å². The standard InChI is InChI=1S/C14H15N5OS/c1-10-15-14(21-17-10)19-8-6-18(7-9-19)13-16-11-4-2-3-5-12(11)20-13/h2-5H,6-9H2,1H3. The summed E-state index contributed by atoms with van der Waals surface area (Å²) in [5.41, 5.74) is 1.75. The SMILES string of the molecule is Cc1nsc(N2CCN(c3nc4ccccc4o3)CC2)n1. The molecule has 4 rings (SSSR count). The fourth-order valence-corrected chi connectivity index (χ4v) is 3.22. The van der Waals surface area contributed by atoms with Crippen LogP contribution in [0.3, 0.4) is 0 Å². The summed E-state index contributed by atoms with van der Waals surface area (Å²) in [5, 5.41) is 1.00. The fourth-order valence-electron chi connectivity index (χ4n) is 2.50. The molecule has 0 saturated carbocycles. The van der Waals surface area contributed by atoms with Crippen LogP contribution in [0.15, 0.2) is 28.7 Å². The summed E-state index contributed by atoms with van der Waals surface area (Å²) >= 11 is 1.46. The Bertz CT molecular complexity index is 726. The van der Waals surface area contributed by atoms with E-state index >= 15 is 0 Å². The molecule has 0 spiro atoms. The van der Waals surface area contributed by atoms with Gasteiger partial charge in [-0.3, -0.25) is 0 Å². The molecule has 7 heteroatoms. The van der Waals surface area contributed by atoms with Crippen molar-refractivity contribution in [3.8, 4) is 0 Å². The van der Waals surface area contributed by atoms with Crippen LogP contribution in [-0.4, -0.2) is 40.5 Å². The van der Waals surface area contributed by atoms with E-state index in [1.165, 1.54) is 11.5 Å². The van der Waals surface area contributed by atoms with Crippen molar-refractivity contribution in [2.24, 2.45) is 0 Å². The number of piperazine rings is 1. The van der Waals surface area contributed by atoms with Crippen LogP contribution in [0.2, 0.25) is 0 Å². The summed E-state index contributed by atoms with van der Waals surface area (Å²) in [5.74, 6) is 0.844.